The maximum atomic E-state index is 13.8. The highest BCUT2D eigenvalue weighted by molar-refractivity contribution is 7.09. The van der Waals surface area contributed by atoms with Gasteiger partial charge in [0.15, 0.2) is 0 Å². The number of fused-ring (bicyclic) bond motifs is 5. The van der Waals surface area contributed by atoms with E-state index < -0.39 is 53.6 Å². The van der Waals surface area contributed by atoms with Crippen molar-refractivity contribution >= 4 is 35.1 Å². The molecule has 0 saturated carbocycles. The lowest BCUT2D eigenvalue weighted by molar-refractivity contribution is -0.155. The molecule has 4 rings (SSSR count). The van der Waals surface area contributed by atoms with Crippen LogP contribution in [-0.4, -0.2) is 69.5 Å². The quantitative estimate of drug-likeness (QED) is 0.397. The van der Waals surface area contributed by atoms with Gasteiger partial charge in [0.1, 0.15) is 24.1 Å². The number of hydrogen-bond acceptors (Lipinski definition) is 10. The molecule has 0 amide bonds. The minimum atomic E-state index is -1.44. The third-order valence-electron chi connectivity index (χ3n) is 8.81. The Kier molecular flexibility index (Phi) is 9.34. The molecule has 2 N–H and O–H groups in total. The number of carbonyl (C=O) groups is 3. The molecule has 1 saturated heterocycles. The summed E-state index contributed by atoms with van der Waals surface area (Å²) in [6.07, 6.45) is 3.09. The van der Waals surface area contributed by atoms with Crippen LogP contribution in [0.4, 0.5) is 0 Å². The molecule has 1 spiro atoms. The third-order valence-corrected chi connectivity index (χ3v) is 9.60. The number of aryl methyl sites for hydroxylation is 1. The Morgan fingerprint density at radius 3 is 2.67 bits per heavy atom. The number of ether oxygens (including phenoxy) is 3. The van der Waals surface area contributed by atoms with Crippen molar-refractivity contribution in [1.82, 2.24) is 4.98 Å². The molecule has 9 nitrogen and oxygen atoms in total. The van der Waals surface area contributed by atoms with Crippen LogP contribution in [0.3, 0.4) is 0 Å². The van der Waals surface area contributed by atoms with Crippen LogP contribution in [-0.2, 0) is 28.6 Å². The number of aromatic nitrogens is 1. The van der Waals surface area contributed by atoms with Crippen molar-refractivity contribution in [2.75, 3.05) is 6.61 Å². The fraction of sp³-hybridized carbons (Fsp3) is 0.667. The fourth-order valence-electron chi connectivity index (χ4n) is 5.92. The predicted molar refractivity (Wildman–Crippen MR) is 149 cm³/mol. The second-order valence-corrected chi connectivity index (χ2v) is 13.0. The Labute approximate surface area is 239 Å². The SMILES string of the molecule is C/C(=C\c1csc(C)n1)[C@@H]1CC2O[C@@]23CCC[C@H](C)[C@H](O)[C@@H](C)C(=O)[C@](C)(C/C=C\C(=O)OC3)[C@@H](O)CC(=O)O1. The molecule has 220 valence electrons. The zero-order valence-corrected chi connectivity index (χ0v) is 24.7. The number of thiazole rings is 1. The van der Waals surface area contributed by atoms with Gasteiger partial charge in [-0.05, 0) is 64.0 Å². The third kappa shape index (κ3) is 6.73. The van der Waals surface area contributed by atoms with E-state index in [1.165, 1.54) is 23.5 Å². The van der Waals surface area contributed by atoms with E-state index in [9.17, 15) is 24.6 Å². The van der Waals surface area contributed by atoms with Gasteiger partial charge in [-0.3, -0.25) is 9.59 Å². The first-order chi connectivity index (χ1) is 18.8. The van der Waals surface area contributed by atoms with Crippen molar-refractivity contribution in [1.29, 1.82) is 0 Å². The summed E-state index contributed by atoms with van der Waals surface area (Å²) in [6, 6.07) is 0. The topological polar surface area (TPSA) is 136 Å². The minimum Gasteiger partial charge on any atom is -0.459 e. The Morgan fingerprint density at radius 1 is 1.23 bits per heavy atom. The minimum absolute atomic E-state index is 0.0172. The van der Waals surface area contributed by atoms with Gasteiger partial charge in [-0.25, -0.2) is 9.78 Å². The van der Waals surface area contributed by atoms with Crippen LogP contribution in [0.25, 0.3) is 6.08 Å². The van der Waals surface area contributed by atoms with Crippen LogP contribution in [0.1, 0.15) is 76.9 Å². The molecule has 8 atom stereocenters. The van der Waals surface area contributed by atoms with Crippen LogP contribution in [0.15, 0.2) is 23.1 Å². The van der Waals surface area contributed by atoms with Crippen LogP contribution in [0.5, 0.6) is 0 Å². The van der Waals surface area contributed by atoms with E-state index >= 15 is 0 Å². The van der Waals surface area contributed by atoms with Gasteiger partial charge in [0.25, 0.3) is 0 Å². The van der Waals surface area contributed by atoms with Crippen molar-refractivity contribution in [2.24, 2.45) is 17.3 Å². The van der Waals surface area contributed by atoms with E-state index in [2.05, 4.69) is 4.98 Å². The molecule has 3 aliphatic rings. The van der Waals surface area contributed by atoms with Crippen molar-refractivity contribution in [3.8, 4) is 0 Å². The van der Waals surface area contributed by atoms with Gasteiger partial charge >= 0.3 is 11.9 Å². The summed E-state index contributed by atoms with van der Waals surface area (Å²) in [5.41, 5.74) is -0.643. The van der Waals surface area contributed by atoms with Gasteiger partial charge in [0.05, 0.1) is 40.8 Å². The lowest BCUT2D eigenvalue weighted by Crippen LogP contribution is -2.47. The lowest BCUT2D eigenvalue weighted by atomic mass is 9.69. The zero-order chi connectivity index (χ0) is 29.2. The molecule has 40 heavy (non-hydrogen) atoms. The molecule has 1 aromatic heterocycles. The largest absolute Gasteiger partial charge is 0.459 e. The highest BCUT2D eigenvalue weighted by Crippen LogP contribution is 2.46. The molecule has 0 radical (unpaired) electrons. The second kappa shape index (κ2) is 12.2. The molecule has 4 heterocycles. The summed E-state index contributed by atoms with van der Waals surface area (Å²) < 4.78 is 17.7. The number of aliphatic hydroxyl groups is 2. The molecular formula is C30H41NO8S. The van der Waals surface area contributed by atoms with Gasteiger partial charge in [-0.15, -0.1) is 11.3 Å². The average Bonchev–Trinajstić information content (AvgIpc) is 3.42. The summed E-state index contributed by atoms with van der Waals surface area (Å²) in [4.78, 5) is 44.1. The zero-order valence-electron chi connectivity index (χ0n) is 23.9. The van der Waals surface area contributed by atoms with E-state index in [1.54, 1.807) is 13.8 Å². The van der Waals surface area contributed by atoms with Crippen LogP contribution in [0, 0.1) is 24.2 Å². The van der Waals surface area contributed by atoms with Gasteiger partial charge < -0.3 is 24.4 Å². The number of hydrogen-bond donors (Lipinski definition) is 2. The molecule has 3 aliphatic heterocycles. The maximum absolute atomic E-state index is 13.8. The number of ketones is 1. The molecule has 0 aliphatic carbocycles. The van der Waals surface area contributed by atoms with Gasteiger partial charge in [0.2, 0.25) is 0 Å². The number of rotatable bonds is 2. The van der Waals surface area contributed by atoms with E-state index in [0.717, 1.165) is 16.3 Å². The Hall–Kier alpha value is -2.40. The summed E-state index contributed by atoms with van der Waals surface area (Å²) in [7, 11) is 0. The summed E-state index contributed by atoms with van der Waals surface area (Å²) in [5.74, 6) is -2.56. The van der Waals surface area contributed by atoms with Crippen molar-refractivity contribution in [3.05, 3.63) is 33.8 Å². The van der Waals surface area contributed by atoms with Gasteiger partial charge in [-0.2, -0.15) is 0 Å². The smallest absolute Gasteiger partial charge is 0.330 e. The maximum Gasteiger partial charge on any atom is 0.330 e. The molecule has 10 heteroatoms. The number of Topliss-reactive ketones (excluding diaryl/α,β-unsaturated/α-hetero) is 1. The predicted octanol–water partition coefficient (Wildman–Crippen LogP) is 3.94. The highest BCUT2D eigenvalue weighted by atomic mass is 32.1. The van der Waals surface area contributed by atoms with Crippen molar-refractivity contribution < 1.29 is 38.8 Å². The molecule has 1 unspecified atom stereocenters. The monoisotopic (exact) mass is 575 g/mol. The number of allylic oxidation sites excluding steroid dienone is 1. The Morgan fingerprint density at radius 2 is 1.98 bits per heavy atom. The normalized spacial score (nSPS) is 39.2. The lowest BCUT2D eigenvalue weighted by Gasteiger charge is -2.36. The molecular weight excluding hydrogens is 534 g/mol. The summed E-state index contributed by atoms with van der Waals surface area (Å²) in [5, 5.41) is 25.2. The first kappa shape index (κ1) is 30.6. The number of nitrogens with zero attached hydrogens (tertiary/aromatic N) is 1. The molecule has 1 aromatic rings. The van der Waals surface area contributed by atoms with Crippen LogP contribution < -0.4 is 0 Å². The number of epoxide rings is 1. The summed E-state index contributed by atoms with van der Waals surface area (Å²) >= 11 is 1.52. The van der Waals surface area contributed by atoms with Crippen LogP contribution in [0.2, 0.25) is 0 Å². The van der Waals surface area contributed by atoms with Crippen LogP contribution >= 0.6 is 11.3 Å². The number of esters is 2. The number of carbonyl (C=O) groups excluding carboxylic acids is 3. The Bertz CT molecular complexity index is 1180. The van der Waals surface area contributed by atoms with Gasteiger partial charge in [0, 0.05) is 23.8 Å². The van der Waals surface area contributed by atoms with Gasteiger partial charge in [-0.1, -0.05) is 19.9 Å². The highest BCUT2D eigenvalue weighted by Gasteiger charge is 2.58. The van der Waals surface area contributed by atoms with E-state index in [0.29, 0.717) is 25.7 Å². The molecule has 1 fully saturated rings. The Balaban J connectivity index is 1.74. The van der Waals surface area contributed by atoms with E-state index in [1.807, 2.05) is 32.2 Å². The fourth-order valence-corrected chi connectivity index (χ4v) is 6.49. The van der Waals surface area contributed by atoms with Crippen molar-refractivity contribution in [2.45, 2.75) is 103 Å². The standard InChI is InChI=1S/C30H41NO8S/c1-17-8-6-11-30-16-37-25(33)9-7-10-29(5,28(36)19(3)27(17)35)23(32)14-26(34)38-22(13-24(30)39-30)18(2)12-21-15-40-20(4)31-21/h7,9,12,15,17,19,22-24,27,32,35H,6,8,10-11,13-14,16H2,1-5H3/b9-7-,18-12+/t17-,19+,22-,23-,24?,27-,29+,30+/m0/s1. The van der Waals surface area contributed by atoms with E-state index in [-0.39, 0.29) is 30.8 Å². The number of cyclic esters (lactones) is 1. The number of aliphatic hydroxyl groups excluding tert-OH is 2. The van der Waals surface area contributed by atoms with Crippen molar-refractivity contribution in [3.63, 3.8) is 0 Å². The average molecular weight is 576 g/mol. The van der Waals surface area contributed by atoms with E-state index in [4.69, 9.17) is 14.2 Å². The summed E-state index contributed by atoms with van der Waals surface area (Å²) in [6.45, 7) is 8.95. The first-order valence-electron chi connectivity index (χ1n) is 14.1. The molecule has 2 bridgehead atoms. The second-order valence-electron chi connectivity index (χ2n) is 11.9. The molecule has 0 aromatic carbocycles. The first-order valence-corrected chi connectivity index (χ1v) is 14.9.